The molecule has 1 aliphatic heterocycles. The number of hydrogen-bond acceptors (Lipinski definition) is 3. The molecule has 0 radical (unpaired) electrons. The van der Waals surface area contributed by atoms with Gasteiger partial charge in [-0.05, 0) is 52.3 Å². The van der Waals surface area contributed by atoms with Gasteiger partial charge in [0, 0.05) is 25.3 Å². The van der Waals surface area contributed by atoms with Gasteiger partial charge in [0.05, 0.1) is 12.7 Å². The molecule has 0 spiro atoms. The average Bonchev–Trinajstić information content (AvgIpc) is 2.83. The van der Waals surface area contributed by atoms with Crippen molar-refractivity contribution in [3.05, 3.63) is 29.6 Å². The van der Waals surface area contributed by atoms with Gasteiger partial charge in [-0.2, -0.15) is 5.10 Å². The zero-order valence-electron chi connectivity index (χ0n) is 13.1. The number of allylic oxidation sites excluding steroid dienone is 1. The molecular weight excluding hydrogens is 248 g/mol. The lowest BCUT2D eigenvalue weighted by molar-refractivity contribution is 0.214. The molecule has 112 valence electrons. The molecule has 1 aromatic rings. The van der Waals surface area contributed by atoms with Crippen molar-refractivity contribution in [1.82, 2.24) is 20.0 Å². The van der Waals surface area contributed by atoms with Gasteiger partial charge in [0.25, 0.3) is 0 Å². The van der Waals surface area contributed by atoms with Crippen LogP contribution in [0.1, 0.15) is 32.3 Å². The summed E-state index contributed by atoms with van der Waals surface area (Å²) in [4.78, 5) is 2.54. The Morgan fingerprint density at radius 2 is 2.15 bits per heavy atom. The molecule has 1 N–H and O–H groups in total. The fourth-order valence-electron chi connectivity index (χ4n) is 2.60. The highest BCUT2D eigenvalue weighted by atomic mass is 15.3. The second-order valence-electron chi connectivity index (χ2n) is 6.09. The van der Waals surface area contributed by atoms with E-state index in [0.29, 0.717) is 6.04 Å². The summed E-state index contributed by atoms with van der Waals surface area (Å²) >= 11 is 0. The zero-order chi connectivity index (χ0) is 14.4. The van der Waals surface area contributed by atoms with Gasteiger partial charge in [-0.1, -0.05) is 11.6 Å². The van der Waals surface area contributed by atoms with E-state index < -0.39 is 0 Å². The van der Waals surface area contributed by atoms with Crippen LogP contribution in [0.25, 0.3) is 0 Å². The first-order chi connectivity index (χ1) is 9.63. The SMILES string of the molecule is CC(C)=CCN1CCC(NCCn2cc(C)cn2)CC1. The minimum Gasteiger partial charge on any atom is -0.312 e. The predicted octanol–water partition coefficient (Wildman–Crippen LogP) is 2.21. The number of likely N-dealkylation sites (tertiary alicyclic amines) is 1. The van der Waals surface area contributed by atoms with Crippen LogP contribution < -0.4 is 5.32 Å². The Labute approximate surface area is 122 Å². The van der Waals surface area contributed by atoms with Gasteiger partial charge in [0.2, 0.25) is 0 Å². The molecule has 1 saturated heterocycles. The van der Waals surface area contributed by atoms with Crippen LogP contribution in [0.5, 0.6) is 0 Å². The number of rotatable bonds is 6. The molecule has 0 unspecified atom stereocenters. The summed E-state index contributed by atoms with van der Waals surface area (Å²) in [6.07, 6.45) is 8.86. The number of nitrogens with zero attached hydrogens (tertiary/aromatic N) is 3. The van der Waals surface area contributed by atoms with Crippen LogP contribution in [0, 0.1) is 6.92 Å². The molecule has 0 bridgehead atoms. The monoisotopic (exact) mass is 276 g/mol. The van der Waals surface area contributed by atoms with Crippen molar-refractivity contribution in [2.24, 2.45) is 0 Å². The number of hydrogen-bond donors (Lipinski definition) is 1. The fourth-order valence-corrected chi connectivity index (χ4v) is 2.60. The molecule has 2 heterocycles. The summed E-state index contributed by atoms with van der Waals surface area (Å²) in [6, 6.07) is 0.676. The summed E-state index contributed by atoms with van der Waals surface area (Å²) in [5.41, 5.74) is 2.65. The minimum absolute atomic E-state index is 0.676. The van der Waals surface area contributed by atoms with Gasteiger partial charge >= 0.3 is 0 Å². The lowest BCUT2D eigenvalue weighted by Gasteiger charge is -2.31. The van der Waals surface area contributed by atoms with Crippen LogP contribution in [0.3, 0.4) is 0 Å². The molecule has 1 aliphatic rings. The van der Waals surface area contributed by atoms with Crippen LogP contribution in [0.2, 0.25) is 0 Å². The summed E-state index contributed by atoms with van der Waals surface area (Å²) in [7, 11) is 0. The van der Waals surface area contributed by atoms with Crippen molar-refractivity contribution in [3.8, 4) is 0 Å². The van der Waals surface area contributed by atoms with Crippen LogP contribution >= 0.6 is 0 Å². The third kappa shape index (κ3) is 5.10. The van der Waals surface area contributed by atoms with E-state index in [0.717, 1.165) is 19.6 Å². The Hall–Kier alpha value is -1.13. The molecule has 0 aromatic carbocycles. The maximum atomic E-state index is 4.31. The van der Waals surface area contributed by atoms with E-state index in [-0.39, 0.29) is 0 Å². The van der Waals surface area contributed by atoms with Crippen molar-refractivity contribution in [2.45, 2.75) is 46.2 Å². The lowest BCUT2D eigenvalue weighted by atomic mass is 10.0. The standard InChI is InChI=1S/C16H28N4/c1-14(2)4-8-19-9-5-16(6-10-19)17-7-11-20-13-15(3)12-18-20/h4,12-13,16-17H,5-11H2,1-3H3. The molecule has 1 fully saturated rings. The van der Waals surface area contributed by atoms with E-state index in [1.54, 1.807) is 0 Å². The van der Waals surface area contributed by atoms with Gasteiger partial charge in [0.1, 0.15) is 0 Å². The second kappa shape index (κ2) is 7.60. The van der Waals surface area contributed by atoms with Crippen LogP contribution in [-0.4, -0.2) is 46.9 Å². The molecule has 1 aromatic heterocycles. The van der Waals surface area contributed by atoms with Crippen molar-refractivity contribution < 1.29 is 0 Å². The van der Waals surface area contributed by atoms with E-state index in [4.69, 9.17) is 0 Å². The molecule has 20 heavy (non-hydrogen) atoms. The number of piperidine rings is 1. The summed E-state index contributed by atoms with van der Waals surface area (Å²) in [5, 5.41) is 7.98. The van der Waals surface area contributed by atoms with E-state index in [1.807, 2.05) is 10.9 Å². The topological polar surface area (TPSA) is 33.1 Å². The van der Waals surface area contributed by atoms with Crippen LogP contribution in [0.4, 0.5) is 0 Å². The van der Waals surface area contributed by atoms with Crippen molar-refractivity contribution in [2.75, 3.05) is 26.2 Å². The molecule has 4 heteroatoms. The molecule has 0 aliphatic carbocycles. The minimum atomic E-state index is 0.676. The van der Waals surface area contributed by atoms with E-state index in [9.17, 15) is 0 Å². The number of nitrogens with one attached hydrogen (secondary N) is 1. The van der Waals surface area contributed by atoms with Gasteiger partial charge < -0.3 is 5.32 Å². The summed E-state index contributed by atoms with van der Waals surface area (Å²) < 4.78 is 2.02. The Morgan fingerprint density at radius 1 is 1.40 bits per heavy atom. The van der Waals surface area contributed by atoms with Crippen LogP contribution in [0.15, 0.2) is 24.0 Å². The summed E-state index contributed by atoms with van der Waals surface area (Å²) in [6.45, 7) is 11.9. The molecule has 0 atom stereocenters. The highest BCUT2D eigenvalue weighted by Crippen LogP contribution is 2.10. The third-order valence-electron chi connectivity index (χ3n) is 3.88. The Morgan fingerprint density at radius 3 is 2.75 bits per heavy atom. The average molecular weight is 276 g/mol. The largest absolute Gasteiger partial charge is 0.312 e. The first kappa shape index (κ1) is 15.3. The third-order valence-corrected chi connectivity index (χ3v) is 3.88. The molecular formula is C16H28N4. The van der Waals surface area contributed by atoms with Crippen molar-refractivity contribution in [1.29, 1.82) is 0 Å². The van der Waals surface area contributed by atoms with Crippen molar-refractivity contribution in [3.63, 3.8) is 0 Å². The van der Waals surface area contributed by atoms with Gasteiger partial charge in [0.15, 0.2) is 0 Å². The predicted molar refractivity (Wildman–Crippen MR) is 83.9 cm³/mol. The number of aryl methyl sites for hydroxylation is 1. The van der Waals surface area contributed by atoms with Crippen molar-refractivity contribution >= 4 is 0 Å². The maximum Gasteiger partial charge on any atom is 0.0534 e. The van der Waals surface area contributed by atoms with Gasteiger partial charge in [-0.15, -0.1) is 0 Å². The normalized spacial score (nSPS) is 17.4. The Bertz CT molecular complexity index is 423. The van der Waals surface area contributed by atoms with E-state index in [2.05, 4.69) is 48.4 Å². The lowest BCUT2D eigenvalue weighted by Crippen LogP contribution is -2.43. The Balaban J connectivity index is 1.61. The molecule has 0 amide bonds. The summed E-state index contributed by atoms with van der Waals surface area (Å²) in [5.74, 6) is 0. The zero-order valence-corrected chi connectivity index (χ0v) is 13.1. The fraction of sp³-hybridized carbons (Fsp3) is 0.688. The first-order valence-corrected chi connectivity index (χ1v) is 7.71. The highest BCUT2D eigenvalue weighted by molar-refractivity contribution is 4.99. The van der Waals surface area contributed by atoms with Gasteiger partial charge in [-0.25, -0.2) is 0 Å². The molecule has 0 saturated carbocycles. The van der Waals surface area contributed by atoms with Gasteiger partial charge in [-0.3, -0.25) is 9.58 Å². The smallest absolute Gasteiger partial charge is 0.0534 e. The second-order valence-corrected chi connectivity index (χ2v) is 6.09. The van der Waals surface area contributed by atoms with E-state index in [1.165, 1.54) is 37.1 Å². The van der Waals surface area contributed by atoms with E-state index >= 15 is 0 Å². The first-order valence-electron chi connectivity index (χ1n) is 7.71. The highest BCUT2D eigenvalue weighted by Gasteiger charge is 2.17. The number of aromatic nitrogens is 2. The quantitative estimate of drug-likeness (QED) is 0.809. The molecule has 4 nitrogen and oxygen atoms in total. The maximum absolute atomic E-state index is 4.31. The van der Waals surface area contributed by atoms with Crippen LogP contribution in [-0.2, 0) is 6.54 Å². The molecule has 2 rings (SSSR count). The Kier molecular flexibility index (Phi) is 5.80.